The van der Waals surface area contributed by atoms with Crippen LogP contribution in [0.15, 0.2) is 0 Å². The molecule has 0 aliphatic heterocycles. The van der Waals surface area contributed by atoms with Gasteiger partial charge in [-0.3, -0.25) is 4.79 Å². The van der Waals surface area contributed by atoms with E-state index in [2.05, 4.69) is 20.8 Å². The van der Waals surface area contributed by atoms with Gasteiger partial charge in [-0.15, -0.1) is 0 Å². The van der Waals surface area contributed by atoms with E-state index in [1.165, 1.54) is 116 Å². The number of rotatable bonds is 22. The summed E-state index contributed by atoms with van der Waals surface area (Å²) in [6.07, 6.45) is 27.5. The monoisotopic (exact) mass is 424 g/mol. The average molecular weight is 425 g/mol. The molecule has 0 aromatic heterocycles. The topological polar surface area (TPSA) is 37.3 Å². The van der Waals surface area contributed by atoms with Crippen molar-refractivity contribution in [2.24, 2.45) is 10.8 Å². The molecule has 0 aromatic carbocycles. The van der Waals surface area contributed by atoms with Crippen LogP contribution >= 0.6 is 0 Å². The first kappa shape index (κ1) is 29.5. The average Bonchev–Trinajstić information content (AvgIpc) is 2.69. The van der Waals surface area contributed by atoms with E-state index in [-0.39, 0.29) is 5.41 Å². The number of aliphatic carboxylic acids is 1. The fraction of sp³-hybridized carbons (Fsp3) is 0.964. The van der Waals surface area contributed by atoms with E-state index in [1.807, 2.05) is 13.8 Å². The highest BCUT2D eigenvalue weighted by Gasteiger charge is 2.42. The highest BCUT2D eigenvalue weighted by Crippen LogP contribution is 2.42. The van der Waals surface area contributed by atoms with E-state index < -0.39 is 11.4 Å². The molecule has 0 heterocycles. The van der Waals surface area contributed by atoms with Gasteiger partial charge in [0, 0.05) is 0 Å². The molecule has 0 unspecified atom stereocenters. The summed E-state index contributed by atoms with van der Waals surface area (Å²) >= 11 is 0. The van der Waals surface area contributed by atoms with Crippen LogP contribution in [0.2, 0.25) is 0 Å². The van der Waals surface area contributed by atoms with E-state index in [4.69, 9.17) is 0 Å². The maximum atomic E-state index is 11.5. The first-order chi connectivity index (χ1) is 14.3. The van der Waals surface area contributed by atoms with E-state index in [0.29, 0.717) is 0 Å². The van der Waals surface area contributed by atoms with Gasteiger partial charge in [0.25, 0.3) is 0 Å². The normalized spacial score (nSPS) is 12.4. The van der Waals surface area contributed by atoms with Gasteiger partial charge in [0.1, 0.15) is 0 Å². The molecule has 1 N–H and O–H groups in total. The Kier molecular flexibility index (Phi) is 17.8. The molecule has 0 atom stereocenters. The predicted molar refractivity (Wildman–Crippen MR) is 133 cm³/mol. The largest absolute Gasteiger partial charge is 0.481 e. The van der Waals surface area contributed by atoms with Crippen LogP contribution in [0.5, 0.6) is 0 Å². The third-order valence-corrected chi connectivity index (χ3v) is 7.63. The lowest BCUT2D eigenvalue weighted by Crippen LogP contribution is -2.39. The maximum Gasteiger partial charge on any atom is 0.309 e. The van der Waals surface area contributed by atoms with Crippen molar-refractivity contribution in [1.29, 1.82) is 0 Å². The molecule has 0 aliphatic rings. The minimum Gasteiger partial charge on any atom is -0.481 e. The van der Waals surface area contributed by atoms with Crippen molar-refractivity contribution in [1.82, 2.24) is 0 Å². The van der Waals surface area contributed by atoms with Gasteiger partial charge in [0.2, 0.25) is 0 Å². The molecular weight excluding hydrogens is 368 g/mol. The summed E-state index contributed by atoms with van der Waals surface area (Å²) in [4.78, 5) is 11.5. The molecule has 0 aliphatic carbocycles. The van der Waals surface area contributed by atoms with Crippen LogP contribution in [-0.4, -0.2) is 11.1 Å². The highest BCUT2D eigenvalue weighted by molar-refractivity contribution is 5.74. The van der Waals surface area contributed by atoms with Crippen LogP contribution in [0.1, 0.15) is 163 Å². The lowest BCUT2D eigenvalue weighted by atomic mass is 9.65. The smallest absolute Gasteiger partial charge is 0.309 e. The van der Waals surface area contributed by atoms with Crippen molar-refractivity contribution in [2.75, 3.05) is 0 Å². The molecule has 0 amide bonds. The second-order valence-electron chi connectivity index (χ2n) is 10.9. The number of unbranched alkanes of at least 4 members (excludes halogenated alkanes) is 18. The second-order valence-corrected chi connectivity index (χ2v) is 10.9. The molecule has 30 heavy (non-hydrogen) atoms. The Labute approximate surface area is 190 Å². The maximum absolute atomic E-state index is 11.5. The number of carboxylic acids is 1. The first-order valence-corrected chi connectivity index (χ1v) is 13.5. The Morgan fingerprint density at radius 2 is 0.800 bits per heavy atom. The van der Waals surface area contributed by atoms with Crippen LogP contribution in [-0.2, 0) is 4.79 Å². The molecule has 0 bridgehead atoms. The minimum atomic E-state index is -0.676. The van der Waals surface area contributed by atoms with Gasteiger partial charge in [-0.1, -0.05) is 143 Å². The summed E-state index contributed by atoms with van der Waals surface area (Å²) in [5.41, 5.74) is -0.797. The van der Waals surface area contributed by atoms with Crippen molar-refractivity contribution in [3.8, 4) is 0 Å². The SMILES string of the molecule is CCCCCCCCCCCCCCCCCCCCCC(C)(C)C(C)(C)C(=O)O. The summed E-state index contributed by atoms with van der Waals surface area (Å²) in [5.74, 6) is -0.676. The second kappa shape index (κ2) is 18.1. The van der Waals surface area contributed by atoms with E-state index in [1.54, 1.807) is 0 Å². The van der Waals surface area contributed by atoms with Crippen molar-refractivity contribution in [3.63, 3.8) is 0 Å². The Morgan fingerprint density at radius 1 is 0.533 bits per heavy atom. The Bertz CT molecular complexity index is 397. The van der Waals surface area contributed by atoms with Crippen LogP contribution in [0.4, 0.5) is 0 Å². The van der Waals surface area contributed by atoms with E-state index in [0.717, 1.165) is 12.8 Å². The van der Waals surface area contributed by atoms with Crippen molar-refractivity contribution < 1.29 is 9.90 Å². The van der Waals surface area contributed by atoms with Gasteiger partial charge in [-0.2, -0.15) is 0 Å². The van der Waals surface area contributed by atoms with Gasteiger partial charge in [0.15, 0.2) is 0 Å². The zero-order valence-corrected chi connectivity index (χ0v) is 21.5. The molecule has 0 spiro atoms. The number of hydrogen-bond acceptors (Lipinski definition) is 1. The van der Waals surface area contributed by atoms with Crippen LogP contribution < -0.4 is 0 Å². The van der Waals surface area contributed by atoms with Crippen LogP contribution in [0.25, 0.3) is 0 Å². The van der Waals surface area contributed by atoms with E-state index in [9.17, 15) is 9.90 Å². The number of hydrogen-bond donors (Lipinski definition) is 1. The third kappa shape index (κ3) is 14.5. The molecule has 2 nitrogen and oxygen atoms in total. The highest BCUT2D eigenvalue weighted by atomic mass is 16.4. The third-order valence-electron chi connectivity index (χ3n) is 7.63. The Balaban J connectivity index is 3.33. The number of carboxylic acid groups (broad SMARTS) is 1. The Morgan fingerprint density at radius 3 is 1.07 bits per heavy atom. The summed E-state index contributed by atoms with van der Waals surface area (Å²) in [7, 11) is 0. The molecule has 0 saturated carbocycles. The molecule has 180 valence electrons. The summed E-state index contributed by atoms with van der Waals surface area (Å²) in [5, 5.41) is 9.44. The molecular formula is C28H56O2. The zero-order chi connectivity index (χ0) is 22.7. The molecule has 0 fully saturated rings. The van der Waals surface area contributed by atoms with Gasteiger partial charge in [0.05, 0.1) is 5.41 Å². The van der Waals surface area contributed by atoms with Gasteiger partial charge >= 0.3 is 5.97 Å². The van der Waals surface area contributed by atoms with Crippen molar-refractivity contribution in [3.05, 3.63) is 0 Å². The van der Waals surface area contributed by atoms with Gasteiger partial charge in [-0.05, 0) is 25.7 Å². The van der Waals surface area contributed by atoms with Gasteiger partial charge in [-0.25, -0.2) is 0 Å². The summed E-state index contributed by atoms with van der Waals surface area (Å²) < 4.78 is 0. The first-order valence-electron chi connectivity index (χ1n) is 13.5. The quantitative estimate of drug-likeness (QED) is 0.175. The standard InChI is InChI=1S/C28H56O2/c1-6-7-8-9-10-11-12-13-14-15-16-17-18-19-20-21-22-23-24-25-27(2,3)28(4,5)26(29)30/h6-25H2,1-5H3,(H,29,30). The molecule has 0 rings (SSSR count). The molecule has 0 aromatic rings. The fourth-order valence-electron chi connectivity index (χ4n) is 4.25. The number of carbonyl (C=O) groups is 1. The lowest BCUT2D eigenvalue weighted by molar-refractivity contribution is -0.154. The van der Waals surface area contributed by atoms with Crippen molar-refractivity contribution >= 4 is 5.97 Å². The lowest BCUT2D eigenvalue weighted by Gasteiger charge is -2.38. The van der Waals surface area contributed by atoms with Crippen LogP contribution in [0.3, 0.4) is 0 Å². The van der Waals surface area contributed by atoms with Crippen LogP contribution in [0, 0.1) is 10.8 Å². The minimum absolute atomic E-state index is 0.145. The fourth-order valence-corrected chi connectivity index (χ4v) is 4.25. The molecule has 2 heteroatoms. The molecule has 0 saturated heterocycles. The zero-order valence-electron chi connectivity index (χ0n) is 21.5. The van der Waals surface area contributed by atoms with E-state index >= 15 is 0 Å². The summed E-state index contributed by atoms with van der Waals surface area (Å²) in [6, 6.07) is 0. The molecule has 0 radical (unpaired) electrons. The van der Waals surface area contributed by atoms with Gasteiger partial charge < -0.3 is 5.11 Å². The predicted octanol–water partition coefficient (Wildman–Crippen LogP) is 9.95. The Hall–Kier alpha value is -0.530. The summed E-state index contributed by atoms with van der Waals surface area (Å²) in [6.45, 7) is 10.2. The van der Waals surface area contributed by atoms with Crippen molar-refractivity contribution in [2.45, 2.75) is 163 Å².